The monoisotopic (exact) mass is 382 g/mol. The van der Waals surface area contributed by atoms with Crippen LogP contribution in [0.3, 0.4) is 0 Å². The number of phenolic OH excluding ortho intramolecular Hbond substituents is 1. The van der Waals surface area contributed by atoms with Gasteiger partial charge in [0.15, 0.2) is 0 Å². The number of aliphatic hydroxyl groups excluding tert-OH is 1. The molecule has 1 aromatic carbocycles. The molecule has 0 bridgehead atoms. The molecule has 3 amide bonds. The van der Waals surface area contributed by atoms with Gasteiger partial charge in [0.05, 0.1) is 19.1 Å². The fraction of sp³-hybridized carbons (Fsp3) is 0.375. The minimum atomic E-state index is -1.46. The van der Waals surface area contributed by atoms with Gasteiger partial charge in [-0.2, -0.15) is 0 Å². The molecule has 0 spiro atoms. The number of nitrogens with one attached hydrogen (secondary N) is 2. The van der Waals surface area contributed by atoms with Gasteiger partial charge < -0.3 is 37.4 Å². The Balaban J connectivity index is 2.74. The van der Waals surface area contributed by atoms with E-state index in [1.54, 1.807) is 0 Å². The predicted octanol–water partition coefficient (Wildman–Crippen LogP) is -2.82. The van der Waals surface area contributed by atoms with E-state index < -0.39 is 54.8 Å². The van der Waals surface area contributed by atoms with Crippen LogP contribution in [-0.2, 0) is 25.6 Å². The molecule has 0 aromatic heterocycles. The second-order valence-corrected chi connectivity index (χ2v) is 5.79. The van der Waals surface area contributed by atoms with Crippen molar-refractivity contribution in [2.45, 2.75) is 31.0 Å². The van der Waals surface area contributed by atoms with E-state index in [1.807, 2.05) is 0 Å². The van der Waals surface area contributed by atoms with Crippen molar-refractivity contribution < 1.29 is 34.5 Å². The lowest BCUT2D eigenvalue weighted by atomic mass is 10.1. The van der Waals surface area contributed by atoms with Crippen LogP contribution in [0, 0.1) is 0 Å². The summed E-state index contributed by atoms with van der Waals surface area (Å²) < 4.78 is 0. The lowest BCUT2D eigenvalue weighted by Gasteiger charge is -2.21. The van der Waals surface area contributed by atoms with Crippen LogP contribution in [0.15, 0.2) is 24.3 Å². The van der Waals surface area contributed by atoms with Crippen molar-refractivity contribution in [1.82, 2.24) is 10.6 Å². The maximum Gasteiger partial charge on any atom is 0.326 e. The summed E-state index contributed by atoms with van der Waals surface area (Å²) in [5.74, 6) is -3.98. The summed E-state index contributed by atoms with van der Waals surface area (Å²) in [6.07, 6.45) is -0.543. The highest BCUT2D eigenvalue weighted by molar-refractivity contribution is 5.93. The second-order valence-electron chi connectivity index (χ2n) is 5.79. The molecular weight excluding hydrogens is 360 g/mol. The van der Waals surface area contributed by atoms with E-state index in [9.17, 15) is 34.5 Å². The van der Waals surface area contributed by atoms with Crippen LogP contribution in [0.1, 0.15) is 12.0 Å². The van der Waals surface area contributed by atoms with Crippen molar-refractivity contribution in [3.63, 3.8) is 0 Å². The Kier molecular flexibility index (Phi) is 8.17. The van der Waals surface area contributed by atoms with Gasteiger partial charge in [0.2, 0.25) is 17.7 Å². The number of aromatic hydroxyl groups is 1. The van der Waals surface area contributed by atoms with E-state index in [4.69, 9.17) is 11.5 Å². The predicted molar refractivity (Wildman–Crippen MR) is 92.2 cm³/mol. The molecule has 9 N–H and O–H groups in total. The number of hydrogen-bond acceptors (Lipinski definition) is 7. The third-order valence-corrected chi connectivity index (χ3v) is 3.56. The van der Waals surface area contributed by atoms with E-state index >= 15 is 0 Å². The number of carboxylic acids is 1. The number of hydrogen-bond donors (Lipinski definition) is 7. The fourth-order valence-corrected chi connectivity index (χ4v) is 2.12. The minimum absolute atomic E-state index is 0.00465. The van der Waals surface area contributed by atoms with Crippen molar-refractivity contribution in [1.29, 1.82) is 0 Å². The Labute approximate surface area is 154 Å². The van der Waals surface area contributed by atoms with Crippen molar-refractivity contribution in [2.24, 2.45) is 11.5 Å². The maximum absolute atomic E-state index is 12.2. The third kappa shape index (κ3) is 7.30. The molecule has 0 saturated carbocycles. The Morgan fingerprint density at radius 1 is 1.00 bits per heavy atom. The Hall–Kier alpha value is -3.18. The van der Waals surface area contributed by atoms with Crippen LogP contribution in [-0.4, -0.2) is 63.7 Å². The van der Waals surface area contributed by atoms with Crippen LogP contribution >= 0.6 is 0 Å². The Morgan fingerprint density at radius 3 is 2.04 bits per heavy atom. The maximum atomic E-state index is 12.2. The van der Waals surface area contributed by atoms with Gasteiger partial charge in [-0.05, 0) is 17.7 Å². The number of carbonyl (C=O) groups excluding carboxylic acids is 3. The number of amides is 3. The van der Waals surface area contributed by atoms with Crippen LogP contribution in [0.5, 0.6) is 5.75 Å². The normalized spacial score (nSPS) is 13.9. The Bertz CT molecular complexity index is 693. The molecule has 0 heterocycles. The first-order chi connectivity index (χ1) is 12.6. The molecule has 11 nitrogen and oxygen atoms in total. The molecule has 1 aromatic rings. The number of carbonyl (C=O) groups is 4. The van der Waals surface area contributed by atoms with E-state index in [1.165, 1.54) is 24.3 Å². The average Bonchev–Trinajstić information content (AvgIpc) is 2.59. The van der Waals surface area contributed by atoms with Crippen molar-refractivity contribution in [2.75, 3.05) is 6.61 Å². The largest absolute Gasteiger partial charge is 0.508 e. The van der Waals surface area contributed by atoms with Crippen molar-refractivity contribution in [3.8, 4) is 5.75 Å². The van der Waals surface area contributed by atoms with Gasteiger partial charge in [0.25, 0.3) is 0 Å². The number of rotatable bonds is 10. The molecule has 0 aliphatic carbocycles. The van der Waals surface area contributed by atoms with E-state index in [0.29, 0.717) is 5.56 Å². The number of benzene rings is 1. The second kappa shape index (κ2) is 10.1. The number of aliphatic hydroxyl groups is 1. The standard InChI is InChI=1S/C16H22N4O7/c17-10(6-13(18)23)14(24)20-12(7-21)15(25)19-11(16(26)27)5-8-1-3-9(22)4-2-8/h1-4,10-12,21-22H,5-7,17H2,(H2,18,23)(H,19,25)(H,20,24)(H,26,27)/t10-,11-,12-/m0/s1. The van der Waals surface area contributed by atoms with Crippen molar-refractivity contribution in [3.05, 3.63) is 29.8 Å². The first-order valence-corrected chi connectivity index (χ1v) is 7.90. The number of carboxylic acid groups (broad SMARTS) is 1. The number of phenols is 1. The van der Waals surface area contributed by atoms with Crippen molar-refractivity contribution >= 4 is 23.7 Å². The molecule has 0 unspecified atom stereocenters. The first-order valence-electron chi connectivity index (χ1n) is 7.90. The lowest BCUT2D eigenvalue weighted by molar-refractivity contribution is -0.142. The van der Waals surface area contributed by atoms with Gasteiger partial charge in [-0.1, -0.05) is 12.1 Å². The highest BCUT2D eigenvalue weighted by Gasteiger charge is 2.28. The van der Waals surface area contributed by atoms with Crippen LogP contribution in [0.4, 0.5) is 0 Å². The van der Waals surface area contributed by atoms with Gasteiger partial charge in [-0.25, -0.2) is 4.79 Å². The van der Waals surface area contributed by atoms with Crippen LogP contribution in [0.25, 0.3) is 0 Å². The van der Waals surface area contributed by atoms with Gasteiger partial charge in [0.1, 0.15) is 17.8 Å². The highest BCUT2D eigenvalue weighted by atomic mass is 16.4. The van der Waals surface area contributed by atoms with Gasteiger partial charge >= 0.3 is 5.97 Å². The van der Waals surface area contributed by atoms with Crippen LogP contribution < -0.4 is 22.1 Å². The summed E-state index contributed by atoms with van der Waals surface area (Å²) in [6, 6.07) is 1.61. The topological polar surface area (TPSA) is 205 Å². The molecule has 0 aliphatic rings. The fourth-order valence-electron chi connectivity index (χ4n) is 2.12. The minimum Gasteiger partial charge on any atom is -0.508 e. The van der Waals surface area contributed by atoms with Gasteiger partial charge in [-0.3, -0.25) is 14.4 Å². The summed E-state index contributed by atoms with van der Waals surface area (Å²) in [7, 11) is 0. The lowest BCUT2D eigenvalue weighted by Crippen LogP contribution is -2.56. The summed E-state index contributed by atoms with van der Waals surface area (Å²) >= 11 is 0. The molecule has 27 heavy (non-hydrogen) atoms. The average molecular weight is 382 g/mol. The zero-order chi connectivity index (χ0) is 20.6. The smallest absolute Gasteiger partial charge is 0.326 e. The molecule has 0 radical (unpaired) electrons. The molecule has 0 fully saturated rings. The SMILES string of the molecule is NC(=O)C[C@H](N)C(=O)N[C@@H](CO)C(=O)N[C@@H](Cc1ccc(O)cc1)C(=O)O. The van der Waals surface area contributed by atoms with E-state index in [2.05, 4.69) is 10.6 Å². The van der Waals surface area contributed by atoms with Gasteiger partial charge in [0, 0.05) is 6.42 Å². The third-order valence-electron chi connectivity index (χ3n) is 3.56. The van der Waals surface area contributed by atoms with Crippen LogP contribution in [0.2, 0.25) is 0 Å². The number of primary amides is 1. The highest BCUT2D eigenvalue weighted by Crippen LogP contribution is 2.11. The zero-order valence-corrected chi connectivity index (χ0v) is 14.3. The summed E-state index contributed by atoms with van der Waals surface area (Å²) in [5, 5.41) is 32.1. The Morgan fingerprint density at radius 2 is 1.56 bits per heavy atom. The molecule has 11 heteroatoms. The van der Waals surface area contributed by atoms with E-state index in [0.717, 1.165) is 0 Å². The quantitative estimate of drug-likeness (QED) is 0.224. The summed E-state index contributed by atoms with van der Waals surface area (Å²) in [4.78, 5) is 46.2. The molecule has 0 aliphatic heterocycles. The van der Waals surface area contributed by atoms with Gasteiger partial charge in [-0.15, -0.1) is 0 Å². The molecular formula is C16H22N4O7. The van der Waals surface area contributed by atoms with E-state index in [-0.39, 0.29) is 12.2 Å². The number of nitrogens with two attached hydrogens (primary N) is 2. The summed E-state index contributed by atoms with van der Waals surface area (Å²) in [5.41, 5.74) is 10.9. The summed E-state index contributed by atoms with van der Waals surface area (Å²) in [6.45, 7) is -0.813. The first kappa shape index (κ1) is 21.9. The molecule has 3 atom stereocenters. The zero-order valence-electron chi connectivity index (χ0n) is 14.3. The molecule has 148 valence electrons. The number of aliphatic carboxylic acids is 1. The molecule has 0 saturated heterocycles. The molecule has 1 rings (SSSR count).